The average Bonchev–Trinajstić information content (AvgIpc) is 2.35. The molecule has 0 saturated heterocycles. The van der Waals surface area contributed by atoms with Gasteiger partial charge in [-0.15, -0.1) is 0 Å². The molecule has 0 atom stereocenters. The van der Waals surface area contributed by atoms with Gasteiger partial charge in [-0.05, 0) is 61.5 Å². The topological polar surface area (TPSA) is 24.1 Å². The van der Waals surface area contributed by atoms with Crippen LogP contribution in [0.5, 0.6) is 0 Å². The van der Waals surface area contributed by atoms with Crippen LogP contribution in [-0.4, -0.2) is 5.11 Å². The van der Waals surface area contributed by atoms with Crippen LogP contribution in [0.3, 0.4) is 0 Å². The average molecular weight is 291 g/mol. The lowest BCUT2D eigenvalue weighted by atomic mass is 10.2. The van der Waals surface area contributed by atoms with Crippen molar-refractivity contribution in [3.63, 3.8) is 0 Å². The van der Waals surface area contributed by atoms with Gasteiger partial charge in [-0.3, -0.25) is 0 Å². The van der Waals surface area contributed by atoms with E-state index in [2.05, 4.69) is 10.6 Å². The third-order valence-corrected chi connectivity index (χ3v) is 3.41. The number of halogens is 1. The molecule has 98 valence electrons. The Morgan fingerprint density at radius 1 is 1.05 bits per heavy atom. The monoisotopic (exact) mass is 290 g/mol. The van der Waals surface area contributed by atoms with Crippen molar-refractivity contribution >= 4 is 40.3 Å². The van der Waals surface area contributed by atoms with E-state index in [9.17, 15) is 0 Å². The minimum absolute atomic E-state index is 0.552. The zero-order valence-corrected chi connectivity index (χ0v) is 12.4. The van der Waals surface area contributed by atoms with Gasteiger partial charge in [0, 0.05) is 16.4 Å². The first kappa shape index (κ1) is 13.8. The van der Waals surface area contributed by atoms with Crippen LogP contribution in [0, 0.1) is 13.8 Å². The van der Waals surface area contributed by atoms with Crippen molar-refractivity contribution in [3.05, 3.63) is 58.6 Å². The minimum atomic E-state index is 0.552. The summed E-state index contributed by atoms with van der Waals surface area (Å²) in [6.07, 6.45) is 0. The third-order valence-electron chi connectivity index (χ3n) is 2.79. The number of rotatable bonds is 2. The molecule has 0 aromatic heterocycles. The van der Waals surface area contributed by atoms with Crippen molar-refractivity contribution in [2.75, 3.05) is 10.6 Å². The van der Waals surface area contributed by atoms with E-state index >= 15 is 0 Å². The maximum Gasteiger partial charge on any atom is 0.175 e. The summed E-state index contributed by atoms with van der Waals surface area (Å²) in [5.74, 6) is 0. The smallest absolute Gasteiger partial charge is 0.175 e. The summed E-state index contributed by atoms with van der Waals surface area (Å²) >= 11 is 11.4. The molecule has 0 aliphatic rings. The Labute approximate surface area is 123 Å². The third kappa shape index (κ3) is 3.69. The highest BCUT2D eigenvalue weighted by Crippen LogP contribution is 2.23. The summed E-state index contributed by atoms with van der Waals surface area (Å²) in [5.41, 5.74) is 4.05. The molecule has 2 rings (SSSR count). The molecule has 0 aliphatic heterocycles. The van der Waals surface area contributed by atoms with Gasteiger partial charge in [0.1, 0.15) is 0 Å². The van der Waals surface area contributed by atoms with Crippen LogP contribution in [0.2, 0.25) is 5.02 Å². The van der Waals surface area contributed by atoms with Gasteiger partial charge in [-0.2, -0.15) is 0 Å². The second-order valence-corrected chi connectivity index (χ2v) is 5.18. The lowest BCUT2D eigenvalue weighted by Crippen LogP contribution is -2.19. The molecule has 0 amide bonds. The standard InChI is InChI=1S/C15H15ClN2S/c1-10-5-3-6-12(9-10)17-15(19)18-14-8-4-7-13(16)11(14)2/h3-9H,1-2H3,(H2,17,18,19). The van der Waals surface area contributed by atoms with Crippen LogP contribution in [0.15, 0.2) is 42.5 Å². The van der Waals surface area contributed by atoms with Gasteiger partial charge in [0.25, 0.3) is 0 Å². The molecule has 4 heteroatoms. The van der Waals surface area contributed by atoms with E-state index in [0.29, 0.717) is 5.11 Å². The van der Waals surface area contributed by atoms with Crippen molar-refractivity contribution in [2.45, 2.75) is 13.8 Å². The second-order valence-electron chi connectivity index (χ2n) is 4.36. The van der Waals surface area contributed by atoms with Crippen molar-refractivity contribution in [1.29, 1.82) is 0 Å². The number of hydrogen-bond donors (Lipinski definition) is 2. The Morgan fingerprint density at radius 2 is 1.79 bits per heavy atom. The van der Waals surface area contributed by atoms with Crippen LogP contribution in [0.4, 0.5) is 11.4 Å². The highest BCUT2D eigenvalue weighted by Gasteiger charge is 2.04. The summed E-state index contributed by atoms with van der Waals surface area (Å²) in [5, 5.41) is 7.59. The molecule has 2 aromatic carbocycles. The maximum absolute atomic E-state index is 6.07. The maximum atomic E-state index is 6.07. The van der Waals surface area contributed by atoms with Crippen molar-refractivity contribution in [3.8, 4) is 0 Å². The second kappa shape index (κ2) is 6.04. The summed E-state index contributed by atoms with van der Waals surface area (Å²) in [6.45, 7) is 4.00. The van der Waals surface area contributed by atoms with Gasteiger partial charge >= 0.3 is 0 Å². The lowest BCUT2D eigenvalue weighted by Gasteiger charge is -2.13. The molecule has 0 bridgehead atoms. The molecule has 2 nitrogen and oxygen atoms in total. The lowest BCUT2D eigenvalue weighted by molar-refractivity contribution is 1.44. The molecule has 0 radical (unpaired) electrons. The number of benzene rings is 2. The normalized spacial score (nSPS) is 10.1. The summed E-state index contributed by atoms with van der Waals surface area (Å²) in [7, 11) is 0. The molecule has 0 spiro atoms. The number of nitrogens with one attached hydrogen (secondary N) is 2. The molecule has 0 fully saturated rings. The molecule has 2 aromatic rings. The van der Waals surface area contributed by atoms with Crippen molar-refractivity contribution < 1.29 is 0 Å². The number of anilines is 2. The van der Waals surface area contributed by atoms with Crippen molar-refractivity contribution in [1.82, 2.24) is 0 Å². The van der Waals surface area contributed by atoms with Crippen LogP contribution in [0.1, 0.15) is 11.1 Å². The highest BCUT2D eigenvalue weighted by atomic mass is 35.5. The molecular formula is C15H15ClN2S. The zero-order chi connectivity index (χ0) is 13.8. The van der Waals surface area contributed by atoms with E-state index < -0.39 is 0 Å². The van der Waals surface area contributed by atoms with E-state index in [0.717, 1.165) is 22.0 Å². The van der Waals surface area contributed by atoms with Crippen LogP contribution in [0.25, 0.3) is 0 Å². The van der Waals surface area contributed by atoms with E-state index in [1.807, 2.05) is 56.3 Å². The van der Waals surface area contributed by atoms with Gasteiger partial charge in [-0.1, -0.05) is 29.8 Å². The van der Waals surface area contributed by atoms with Crippen LogP contribution < -0.4 is 10.6 Å². The van der Waals surface area contributed by atoms with E-state index in [1.54, 1.807) is 0 Å². The highest BCUT2D eigenvalue weighted by molar-refractivity contribution is 7.80. The van der Waals surface area contributed by atoms with Crippen LogP contribution >= 0.6 is 23.8 Å². The Morgan fingerprint density at radius 3 is 2.53 bits per heavy atom. The number of thiocarbonyl (C=S) groups is 1. The van der Waals surface area contributed by atoms with E-state index in [1.165, 1.54) is 5.56 Å². The predicted molar refractivity (Wildman–Crippen MR) is 87.2 cm³/mol. The molecule has 2 N–H and O–H groups in total. The fourth-order valence-electron chi connectivity index (χ4n) is 1.75. The molecular weight excluding hydrogens is 276 g/mol. The number of aryl methyl sites for hydroxylation is 1. The predicted octanol–water partition coefficient (Wildman–Crippen LogP) is 4.77. The Bertz CT molecular complexity index is 611. The first-order valence-corrected chi connectivity index (χ1v) is 6.74. The van der Waals surface area contributed by atoms with E-state index in [4.69, 9.17) is 23.8 Å². The summed E-state index contributed by atoms with van der Waals surface area (Å²) in [4.78, 5) is 0. The Balaban J connectivity index is 2.08. The first-order valence-electron chi connectivity index (χ1n) is 5.96. The van der Waals surface area contributed by atoms with Gasteiger partial charge in [0.2, 0.25) is 0 Å². The van der Waals surface area contributed by atoms with Gasteiger partial charge in [-0.25, -0.2) is 0 Å². The largest absolute Gasteiger partial charge is 0.332 e. The minimum Gasteiger partial charge on any atom is -0.332 e. The van der Waals surface area contributed by atoms with Gasteiger partial charge in [0.05, 0.1) is 0 Å². The quantitative estimate of drug-likeness (QED) is 0.779. The zero-order valence-electron chi connectivity index (χ0n) is 10.8. The molecule has 0 heterocycles. The van der Waals surface area contributed by atoms with Crippen LogP contribution in [-0.2, 0) is 0 Å². The van der Waals surface area contributed by atoms with Gasteiger partial charge < -0.3 is 10.6 Å². The molecule has 0 unspecified atom stereocenters. The molecule has 19 heavy (non-hydrogen) atoms. The SMILES string of the molecule is Cc1cccc(NC(=S)Nc2cccc(Cl)c2C)c1. The Kier molecular flexibility index (Phi) is 4.40. The Hall–Kier alpha value is -1.58. The summed E-state index contributed by atoms with van der Waals surface area (Å²) < 4.78 is 0. The molecule has 0 aliphatic carbocycles. The summed E-state index contributed by atoms with van der Waals surface area (Å²) in [6, 6.07) is 13.8. The first-order chi connectivity index (χ1) is 9.06. The fourth-order valence-corrected chi connectivity index (χ4v) is 2.15. The number of hydrogen-bond acceptors (Lipinski definition) is 1. The van der Waals surface area contributed by atoms with Crippen molar-refractivity contribution in [2.24, 2.45) is 0 Å². The van der Waals surface area contributed by atoms with Gasteiger partial charge in [0.15, 0.2) is 5.11 Å². The van der Waals surface area contributed by atoms with E-state index in [-0.39, 0.29) is 0 Å². The molecule has 0 saturated carbocycles. The fraction of sp³-hybridized carbons (Fsp3) is 0.133.